The normalized spacial score (nSPS) is 23.6. The fourth-order valence-electron chi connectivity index (χ4n) is 2.84. The largest absolute Gasteiger partial charge is 0.376 e. The summed E-state index contributed by atoms with van der Waals surface area (Å²) in [4.78, 5) is 10.8. The first kappa shape index (κ1) is 15.7. The number of hydrogen-bond donors (Lipinski definition) is 2. The summed E-state index contributed by atoms with van der Waals surface area (Å²) in [5, 5.41) is 24.2. The summed E-state index contributed by atoms with van der Waals surface area (Å²) in [6.07, 6.45) is 3.40. The summed E-state index contributed by atoms with van der Waals surface area (Å²) < 4.78 is 4.79. The van der Waals surface area contributed by atoms with Gasteiger partial charge in [-0.05, 0) is 24.8 Å². The average molecular weight is 294 g/mol. The standard InChI is InChI=1S/C15H22N2O4/c1-10-5-3-4-6-12(10)16-13-8-7-11(15(18)21-2)9-14(13)17(19)20/h7-10,12,15-16,18H,3-6H2,1-2H3. The Morgan fingerprint density at radius 1 is 1.43 bits per heavy atom. The van der Waals surface area contributed by atoms with E-state index in [0.29, 0.717) is 17.2 Å². The summed E-state index contributed by atoms with van der Waals surface area (Å²) in [5.41, 5.74) is 0.860. The fourth-order valence-corrected chi connectivity index (χ4v) is 2.84. The molecule has 0 aromatic heterocycles. The van der Waals surface area contributed by atoms with Gasteiger partial charge in [0.25, 0.3) is 5.69 Å². The zero-order chi connectivity index (χ0) is 15.4. The van der Waals surface area contributed by atoms with Crippen LogP contribution < -0.4 is 5.32 Å². The molecule has 1 aliphatic rings. The molecule has 3 atom stereocenters. The van der Waals surface area contributed by atoms with E-state index in [0.717, 1.165) is 19.3 Å². The van der Waals surface area contributed by atoms with Crippen molar-refractivity contribution in [2.24, 2.45) is 5.92 Å². The van der Waals surface area contributed by atoms with Crippen LogP contribution in [0.4, 0.5) is 11.4 Å². The Bertz CT molecular complexity index is 506. The minimum absolute atomic E-state index is 0.0265. The smallest absolute Gasteiger partial charge is 0.292 e. The van der Waals surface area contributed by atoms with Gasteiger partial charge in [-0.2, -0.15) is 0 Å². The van der Waals surface area contributed by atoms with Crippen LogP contribution in [0.2, 0.25) is 0 Å². The van der Waals surface area contributed by atoms with E-state index < -0.39 is 11.2 Å². The molecule has 1 aromatic rings. The number of ether oxygens (including phenoxy) is 1. The number of nitrogens with zero attached hydrogens (tertiary/aromatic N) is 1. The minimum atomic E-state index is -1.15. The van der Waals surface area contributed by atoms with E-state index in [2.05, 4.69) is 12.2 Å². The highest BCUT2D eigenvalue weighted by Crippen LogP contribution is 2.32. The maximum Gasteiger partial charge on any atom is 0.292 e. The molecule has 2 N–H and O–H groups in total. The molecule has 0 bridgehead atoms. The first-order valence-electron chi connectivity index (χ1n) is 7.28. The molecule has 1 saturated carbocycles. The van der Waals surface area contributed by atoms with Gasteiger partial charge in [0.15, 0.2) is 6.29 Å². The number of aliphatic hydroxyl groups is 1. The van der Waals surface area contributed by atoms with Crippen molar-refractivity contribution in [2.75, 3.05) is 12.4 Å². The number of nitrogens with one attached hydrogen (secondary N) is 1. The number of nitro benzene ring substituents is 1. The van der Waals surface area contributed by atoms with Crippen LogP contribution in [-0.4, -0.2) is 23.2 Å². The van der Waals surface area contributed by atoms with Gasteiger partial charge < -0.3 is 15.2 Å². The Morgan fingerprint density at radius 2 is 2.14 bits per heavy atom. The number of rotatable bonds is 5. The van der Waals surface area contributed by atoms with Crippen LogP contribution in [0, 0.1) is 16.0 Å². The zero-order valence-corrected chi connectivity index (χ0v) is 12.4. The van der Waals surface area contributed by atoms with E-state index in [4.69, 9.17) is 4.74 Å². The van der Waals surface area contributed by atoms with Crippen molar-refractivity contribution >= 4 is 11.4 Å². The van der Waals surface area contributed by atoms with Gasteiger partial charge in [0.2, 0.25) is 0 Å². The van der Waals surface area contributed by atoms with E-state index >= 15 is 0 Å². The molecule has 6 heteroatoms. The second kappa shape index (κ2) is 6.87. The highest BCUT2D eigenvalue weighted by Gasteiger charge is 2.24. The predicted octanol–water partition coefficient (Wildman–Crippen LogP) is 3.22. The van der Waals surface area contributed by atoms with E-state index in [1.54, 1.807) is 12.1 Å². The van der Waals surface area contributed by atoms with E-state index in [1.807, 2.05) is 0 Å². The second-order valence-electron chi connectivity index (χ2n) is 5.63. The van der Waals surface area contributed by atoms with Gasteiger partial charge in [0.05, 0.1) is 4.92 Å². The third kappa shape index (κ3) is 3.71. The predicted molar refractivity (Wildman–Crippen MR) is 80.1 cm³/mol. The molecular formula is C15H22N2O4. The molecule has 6 nitrogen and oxygen atoms in total. The monoisotopic (exact) mass is 294 g/mol. The third-order valence-electron chi connectivity index (χ3n) is 4.18. The quantitative estimate of drug-likeness (QED) is 0.495. The van der Waals surface area contributed by atoms with Gasteiger partial charge in [-0.15, -0.1) is 0 Å². The van der Waals surface area contributed by atoms with Gasteiger partial charge in [0.1, 0.15) is 5.69 Å². The van der Waals surface area contributed by atoms with Crippen LogP contribution in [0.15, 0.2) is 18.2 Å². The van der Waals surface area contributed by atoms with Crippen LogP contribution in [-0.2, 0) is 4.74 Å². The molecule has 1 aliphatic carbocycles. The lowest BCUT2D eigenvalue weighted by atomic mass is 9.86. The van der Waals surface area contributed by atoms with E-state index in [-0.39, 0.29) is 11.7 Å². The molecule has 0 amide bonds. The Kier molecular flexibility index (Phi) is 5.14. The summed E-state index contributed by atoms with van der Waals surface area (Å²) in [7, 11) is 1.35. The minimum Gasteiger partial charge on any atom is -0.376 e. The molecule has 21 heavy (non-hydrogen) atoms. The van der Waals surface area contributed by atoms with Gasteiger partial charge in [0, 0.05) is 24.8 Å². The average Bonchev–Trinajstić information content (AvgIpc) is 2.49. The number of aliphatic hydroxyl groups excluding tert-OH is 1. The molecule has 3 unspecified atom stereocenters. The van der Waals surface area contributed by atoms with Crippen molar-refractivity contribution in [1.29, 1.82) is 0 Å². The van der Waals surface area contributed by atoms with E-state index in [1.165, 1.54) is 19.6 Å². The Morgan fingerprint density at radius 3 is 2.76 bits per heavy atom. The number of nitro groups is 1. The van der Waals surface area contributed by atoms with Crippen LogP contribution in [0.5, 0.6) is 0 Å². The highest BCUT2D eigenvalue weighted by atomic mass is 16.6. The first-order valence-corrected chi connectivity index (χ1v) is 7.28. The lowest BCUT2D eigenvalue weighted by Gasteiger charge is -2.30. The van der Waals surface area contributed by atoms with E-state index in [9.17, 15) is 15.2 Å². The molecular weight excluding hydrogens is 272 g/mol. The van der Waals surface area contributed by atoms with Crippen molar-refractivity contribution in [2.45, 2.75) is 44.9 Å². The molecule has 116 valence electrons. The van der Waals surface area contributed by atoms with Gasteiger partial charge in [-0.3, -0.25) is 10.1 Å². The van der Waals surface area contributed by atoms with Gasteiger partial charge in [-0.25, -0.2) is 0 Å². The first-order chi connectivity index (χ1) is 10.0. The Hall–Kier alpha value is -1.66. The van der Waals surface area contributed by atoms with Gasteiger partial charge >= 0.3 is 0 Å². The van der Waals surface area contributed by atoms with Crippen molar-refractivity contribution in [3.63, 3.8) is 0 Å². The lowest BCUT2D eigenvalue weighted by Crippen LogP contribution is -2.30. The molecule has 0 heterocycles. The maximum atomic E-state index is 11.3. The Balaban J connectivity index is 2.24. The topological polar surface area (TPSA) is 84.6 Å². The van der Waals surface area contributed by atoms with Crippen molar-refractivity contribution < 1.29 is 14.8 Å². The van der Waals surface area contributed by atoms with Gasteiger partial charge in [-0.1, -0.05) is 25.8 Å². The van der Waals surface area contributed by atoms with Crippen molar-refractivity contribution in [3.05, 3.63) is 33.9 Å². The lowest BCUT2D eigenvalue weighted by molar-refractivity contribution is -0.384. The summed E-state index contributed by atoms with van der Waals surface area (Å²) in [5.74, 6) is 0.502. The third-order valence-corrected chi connectivity index (χ3v) is 4.18. The molecule has 2 rings (SSSR count). The second-order valence-corrected chi connectivity index (χ2v) is 5.63. The molecule has 1 aromatic carbocycles. The van der Waals surface area contributed by atoms with Crippen LogP contribution in [0.25, 0.3) is 0 Å². The maximum absolute atomic E-state index is 11.3. The Labute approximate surface area is 124 Å². The van der Waals surface area contributed by atoms with Crippen molar-refractivity contribution in [3.8, 4) is 0 Å². The number of methoxy groups -OCH3 is 1. The summed E-state index contributed by atoms with van der Waals surface area (Å²) in [6, 6.07) is 4.92. The SMILES string of the molecule is COC(O)c1ccc(NC2CCCCC2C)c([N+](=O)[O-])c1. The molecule has 0 aliphatic heterocycles. The number of hydrogen-bond acceptors (Lipinski definition) is 5. The van der Waals surface area contributed by atoms with Crippen LogP contribution in [0.3, 0.4) is 0 Å². The molecule has 1 fully saturated rings. The highest BCUT2D eigenvalue weighted by molar-refractivity contribution is 5.63. The van der Waals surface area contributed by atoms with Crippen LogP contribution in [0.1, 0.15) is 44.5 Å². The van der Waals surface area contributed by atoms with Crippen LogP contribution >= 0.6 is 0 Å². The zero-order valence-electron chi connectivity index (χ0n) is 12.4. The molecule has 0 saturated heterocycles. The fraction of sp³-hybridized carbons (Fsp3) is 0.600. The number of anilines is 1. The summed E-state index contributed by atoms with van der Waals surface area (Å²) >= 11 is 0. The molecule has 0 spiro atoms. The number of benzene rings is 1. The summed E-state index contributed by atoms with van der Waals surface area (Å²) in [6.45, 7) is 2.17. The van der Waals surface area contributed by atoms with Crippen molar-refractivity contribution in [1.82, 2.24) is 0 Å². The molecule has 0 radical (unpaired) electrons.